The molecule has 2 aliphatic heterocycles. The summed E-state index contributed by atoms with van der Waals surface area (Å²) >= 11 is 1.49. The Kier molecular flexibility index (Phi) is 5.02. The van der Waals surface area contributed by atoms with E-state index in [2.05, 4.69) is 32.7 Å². The van der Waals surface area contributed by atoms with Crippen molar-refractivity contribution >= 4 is 34.0 Å². The van der Waals surface area contributed by atoms with Gasteiger partial charge in [-0.05, 0) is 26.3 Å². The highest BCUT2D eigenvalue weighted by molar-refractivity contribution is 7.15. The standard InChI is InChI=1S/C15H21N5O2S/c1-10-4-2-3-7-20(10)9-11-8-16-15(23-11)17-14(22)12-5-6-13(21)19-18-12/h8,10H,2-7,9H2,1H3,(H,19,21)(H,16,17,22). The number of thiazole rings is 1. The van der Waals surface area contributed by atoms with E-state index in [1.165, 1.54) is 30.6 Å². The first-order chi connectivity index (χ1) is 11.1. The molecule has 0 saturated carbocycles. The molecule has 1 fully saturated rings. The van der Waals surface area contributed by atoms with Gasteiger partial charge in [0.15, 0.2) is 5.13 Å². The molecule has 1 aromatic rings. The number of hydrazone groups is 1. The van der Waals surface area contributed by atoms with Gasteiger partial charge in [0.1, 0.15) is 5.71 Å². The van der Waals surface area contributed by atoms with Crippen LogP contribution in [0.1, 0.15) is 43.9 Å². The minimum atomic E-state index is -0.294. The Balaban J connectivity index is 1.56. The lowest BCUT2D eigenvalue weighted by Gasteiger charge is -2.32. The van der Waals surface area contributed by atoms with Crippen molar-refractivity contribution in [2.24, 2.45) is 5.10 Å². The van der Waals surface area contributed by atoms with Gasteiger partial charge in [-0.1, -0.05) is 6.42 Å². The van der Waals surface area contributed by atoms with Crippen LogP contribution in [-0.2, 0) is 16.1 Å². The van der Waals surface area contributed by atoms with Gasteiger partial charge >= 0.3 is 0 Å². The van der Waals surface area contributed by atoms with Gasteiger partial charge in [0.25, 0.3) is 5.91 Å². The number of anilines is 1. The average Bonchev–Trinajstić information content (AvgIpc) is 2.97. The molecule has 0 spiro atoms. The Hall–Kier alpha value is -1.80. The number of aromatic nitrogens is 1. The fraction of sp³-hybridized carbons (Fsp3) is 0.600. The predicted octanol–water partition coefficient (Wildman–Crippen LogP) is 1.72. The van der Waals surface area contributed by atoms with Crippen LogP contribution in [0.15, 0.2) is 11.3 Å². The predicted molar refractivity (Wildman–Crippen MR) is 89.3 cm³/mol. The largest absolute Gasteiger partial charge is 0.297 e. The van der Waals surface area contributed by atoms with E-state index in [4.69, 9.17) is 0 Å². The number of amides is 2. The van der Waals surface area contributed by atoms with E-state index in [1.54, 1.807) is 0 Å². The Morgan fingerprint density at radius 3 is 3.09 bits per heavy atom. The number of carbonyl (C=O) groups is 2. The molecule has 7 nitrogen and oxygen atoms in total. The van der Waals surface area contributed by atoms with Gasteiger partial charge in [-0.25, -0.2) is 10.4 Å². The first kappa shape index (κ1) is 16.1. The molecular weight excluding hydrogens is 314 g/mol. The number of likely N-dealkylation sites (tertiary alicyclic amines) is 1. The van der Waals surface area contributed by atoms with Gasteiger partial charge in [-0.2, -0.15) is 5.10 Å². The summed E-state index contributed by atoms with van der Waals surface area (Å²) in [7, 11) is 0. The molecule has 1 aromatic heterocycles. The van der Waals surface area contributed by atoms with E-state index in [0.29, 0.717) is 29.7 Å². The number of rotatable bonds is 4. The smallest absolute Gasteiger partial charge is 0.273 e. The highest BCUT2D eigenvalue weighted by atomic mass is 32.1. The van der Waals surface area contributed by atoms with Crippen molar-refractivity contribution in [3.05, 3.63) is 11.1 Å². The Morgan fingerprint density at radius 1 is 1.48 bits per heavy atom. The van der Waals surface area contributed by atoms with Crippen molar-refractivity contribution in [1.29, 1.82) is 0 Å². The molecule has 0 aromatic carbocycles. The Labute approximate surface area is 139 Å². The van der Waals surface area contributed by atoms with E-state index in [9.17, 15) is 9.59 Å². The molecule has 2 N–H and O–H groups in total. The highest BCUT2D eigenvalue weighted by Crippen LogP contribution is 2.24. The summed E-state index contributed by atoms with van der Waals surface area (Å²) in [5, 5.41) is 7.13. The number of carbonyl (C=O) groups excluding carboxylic acids is 2. The third-order valence-electron chi connectivity index (χ3n) is 4.24. The van der Waals surface area contributed by atoms with E-state index in [0.717, 1.165) is 18.0 Å². The monoisotopic (exact) mass is 335 g/mol. The van der Waals surface area contributed by atoms with Crippen molar-refractivity contribution < 1.29 is 9.59 Å². The van der Waals surface area contributed by atoms with Crippen molar-refractivity contribution in [3.63, 3.8) is 0 Å². The normalized spacial score (nSPS) is 22.4. The zero-order chi connectivity index (χ0) is 16.2. The summed E-state index contributed by atoms with van der Waals surface area (Å²) in [6.07, 6.45) is 6.28. The van der Waals surface area contributed by atoms with Crippen LogP contribution in [0.3, 0.4) is 0 Å². The first-order valence-electron chi connectivity index (χ1n) is 7.97. The van der Waals surface area contributed by atoms with Gasteiger partial charge in [0, 0.05) is 36.5 Å². The summed E-state index contributed by atoms with van der Waals surface area (Å²) in [5.41, 5.74) is 2.67. The number of piperidine rings is 1. The van der Waals surface area contributed by atoms with Gasteiger partial charge in [-0.3, -0.25) is 19.8 Å². The molecule has 2 amide bonds. The lowest BCUT2D eigenvalue weighted by Crippen LogP contribution is -2.36. The van der Waals surface area contributed by atoms with Crippen LogP contribution in [0, 0.1) is 0 Å². The second-order valence-corrected chi connectivity index (χ2v) is 7.11. The number of nitrogens with one attached hydrogen (secondary N) is 2. The van der Waals surface area contributed by atoms with Crippen molar-refractivity contribution in [3.8, 4) is 0 Å². The zero-order valence-electron chi connectivity index (χ0n) is 13.2. The summed E-state index contributed by atoms with van der Waals surface area (Å²) in [6, 6.07) is 0.601. The zero-order valence-corrected chi connectivity index (χ0v) is 14.0. The van der Waals surface area contributed by atoms with Crippen LogP contribution in [0.4, 0.5) is 5.13 Å². The van der Waals surface area contributed by atoms with E-state index < -0.39 is 0 Å². The number of nitrogens with zero attached hydrogens (tertiary/aromatic N) is 3. The average molecular weight is 335 g/mol. The Morgan fingerprint density at radius 2 is 2.35 bits per heavy atom. The van der Waals surface area contributed by atoms with Crippen LogP contribution in [0.5, 0.6) is 0 Å². The molecule has 3 rings (SSSR count). The lowest BCUT2D eigenvalue weighted by atomic mass is 10.0. The molecule has 1 unspecified atom stereocenters. The van der Waals surface area contributed by atoms with Gasteiger partial charge in [-0.15, -0.1) is 11.3 Å². The third kappa shape index (κ3) is 4.14. The molecule has 0 aliphatic carbocycles. The van der Waals surface area contributed by atoms with Crippen LogP contribution in [-0.4, -0.2) is 40.0 Å². The lowest BCUT2D eigenvalue weighted by molar-refractivity contribution is -0.121. The summed E-state index contributed by atoms with van der Waals surface area (Å²) in [5.74, 6) is -0.453. The van der Waals surface area contributed by atoms with E-state index in [-0.39, 0.29) is 11.8 Å². The fourth-order valence-electron chi connectivity index (χ4n) is 2.84. The van der Waals surface area contributed by atoms with Crippen LogP contribution in [0.2, 0.25) is 0 Å². The minimum Gasteiger partial charge on any atom is -0.297 e. The third-order valence-corrected chi connectivity index (χ3v) is 5.14. The molecule has 2 aliphatic rings. The van der Waals surface area contributed by atoms with Crippen LogP contribution < -0.4 is 10.7 Å². The number of hydrogen-bond acceptors (Lipinski definition) is 6. The van der Waals surface area contributed by atoms with Crippen LogP contribution >= 0.6 is 11.3 Å². The van der Waals surface area contributed by atoms with E-state index >= 15 is 0 Å². The van der Waals surface area contributed by atoms with Crippen LogP contribution in [0.25, 0.3) is 0 Å². The first-order valence-corrected chi connectivity index (χ1v) is 8.79. The van der Waals surface area contributed by atoms with Crippen molar-refractivity contribution in [2.75, 3.05) is 11.9 Å². The van der Waals surface area contributed by atoms with Crippen molar-refractivity contribution in [1.82, 2.24) is 15.3 Å². The molecule has 8 heteroatoms. The Bertz CT molecular complexity index is 627. The second kappa shape index (κ2) is 7.18. The molecule has 124 valence electrons. The maximum absolute atomic E-state index is 12.1. The summed E-state index contributed by atoms with van der Waals surface area (Å²) < 4.78 is 0. The summed E-state index contributed by atoms with van der Waals surface area (Å²) in [6.45, 7) is 4.27. The molecule has 0 bridgehead atoms. The minimum absolute atomic E-state index is 0.159. The molecular formula is C15H21N5O2S. The highest BCUT2D eigenvalue weighted by Gasteiger charge is 2.21. The molecule has 1 atom stereocenters. The van der Waals surface area contributed by atoms with Crippen molar-refractivity contribution in [2.45, 2.75) is 51.6 Å². The fourth-order valence-corrected chi connectivity index (χ4v) is 3.67. The molecule has 0 radical (unpaired) electrons. The number of hydrogen-bond donors (Lipinski definition) is 2. The topological polar surface area (TPSA) is 86.7 Å². The maximum atomic E-state index is 12.1. The second-order valence-electron chi connectivity index (χ2n) is 5.99. The van der Waals surface area contributed by atoms with E-state index in [1.807, 2.05) is 6.20 Å². The SMILES string of the molecule is CC1CCCCN1Cc1cnc(NC(=O)C2=NNC(=O)CC2)s1. The maximum Gasteiger partial charge on any atom is 0.273 e. The quantitative estimate of drug-likeness (QED) is 0.877. The van der Waals surface area contributed by atoms with Gasteiger partial charge in [0.05, 0.1) is 0 Å². The van der Waals surface area contributed by atoms with Gasteiger partial charge in [0.2, 0.25) is 5.91 Å². The van der Waals surface area contributed by atoms with Gasteiger partial charge < -0.3 is 0 Å². The summed E-state index contributed by atoms with van der Waals surface area (Å²) in [4.78, 5) is 31.0. The molecule has 23 heavy (non-hydrogen) atoms. The molecule has 3 heterocycles. The molecule has 1 saturated heterocycles.